The SMILES string of the molecule is CC1(C)C[C@@H](c2ccc3[nH]c(C(O)C(F)(F)F)cc3c2)CCO1. The molecule has 0 bridgehead atoms. The van der Waals surface area contributed by atoms with E-state index in [1.54, 1.807) is 6.07 Å². The van der Waals surface area contributed by atoms with Crippen molar-refractivity contribution in [2.75, 3.05) is 6.61 Å². The smallest absolute Gasteiger partial charge is 0.378 e. The third-order valence-corrected chi connectivity index (χ3v) is 4.44. The molecule has 0 amide bonds. The number of aliphatic hydroxyl groups is 1. The van der Waals surface area contributed by atoms with Crippen molar-refractivity contribution in [2.45, 2.75) is 50.5 Å². The molecule has 1 fully saturated rings. The van der Waals surface area contributed by atoms with Crippen LogP contribution in [0.4, 0.5) is 13.2 Å². The number of H-pyrrole nitrogens is 1. The van der Waals surface area contributed by atoms with E-state index >= 15 is 0 Å². The minimum absolute atomic E-state index is 0.187. The van der Waals surface area contributed by atoms with Crippen LogP contribution in [0.1, 0.15) is 50.0 Å². The maximum Gasteiger partial charge on any atom is 0.420 e. The third-order valence-electron chi connectivity index (χ3n) is 4.44. The van der Waals surface area contributed by atoms with Crippen molar-refractivity contribution in [3.63, 3.8) is 0 Å². The average Bonchev–Trinajstić information content (AvgIpc) is 2.87. The molecule has 1 aromatic heterocycles. The summed E-state index contributed by atoms with van der Waals surface area (Å²) in [5.74, 6) is 0.328. The fourth-order valence-corrected chi connectivity index (χ4v) is 3.27. The number of benzene rings is 1. The molecular formula is C17H20F3NO2. The Balaban J connectivity index is 1.90. The van der Waals surface area contributed by atoms with E-state index in [4.69, 9.17) is 4.74 Å². The van der Waals surface area contributed by atoms with E-state index in [2.05, 4.69) is 4.98 Å². The number of fused-ring (bicyclic) bond motifs is 1. The summed E-state index contributed by atoms with van der Waals surface area (Å²) in [5, 5.41) is 10.1. The molecule has 0 saturated carbocycles. The highest BCUT2D eigenvalue weighted by atomic mass is 19.4. The van der Waals surface area contributed by atoms with E-state index in [1.807, 2.05) is 26.0 Å². The molecule has 3 nitrogen and oxygen atoms in total. The Morgan fingerprint density at radius 2 is 2.04 bits per heavy atom. The minimum Gasteiger partial charge on any atom is -0.378 e. The van der Waals surface area contributed by atoms with Crippen LogP contribution in [0.3, 0.4) is 0 Å². The van der Waals surface area contributed by atoms with E-state index in [0.717, 1.165) is 18.4 Å². The van der Waals surface area contributed by atoms with Gasteiger partial charge >= 0.3 is 6.18 Å². The molecule has 1 aromatic carbocycles. The van der Waals surface area contributed by atoms with Crippen LogP contribution < -0.4 is 0 Å². The quantitative estimate of drug-likeness (QED) is 0.857. The number of halogens is 3. The van der Waals surface area contributed by atoms with E-state index in [9.17, 15) is 18.3 Å². The first-order chi connectivity index (χ1) is 10.7. The van der Waals surface area contributed by atoms with Crippen LogP contribution in [0.15, 0.2) is 24.3 Å². The predicted molar refractivity (Wildman–Crippen MR) is 81.3 cm³/mol. The number of alkyl halides is 3. The van der Waals surface area contributed by atoms with Crippen molar-refractivity contribution in [3.8, 4) is 0 Å². The van der Waals surface area contributed by atoms with E-state index in [1.165, 1.54) is 6.07 Å². The Labute approximate surface area is 132 Å². The van der Waals surface area contributed by atoms with Crippen molar-refractivity contribution in [1.29, 1.82) is 0 Å². The van der Waals surface area contributed by atoms with E-state index in [0.29, 0.717) is 23.4 Å². The van der Waals surface area contributed by atoms with Crippen molar-refractivity contribution in [1.82, 2.24) is 4.98 Å². The number of aromatic nitrogens is 1. The van der Waals surface area contributed by atoms with Crippen LogP contribution >= 0.6 is 0 Å². The van der Waals surface area contributed by atoms with Crippen molar-refractivity contribution in [2.24, 2.45) is 0 Å². The fraction of sp³-hybridized carbons (Fsp3) is 0.529. The second kappa shape index (κ2) is 5.53. The van der Waals surface area contributed by atoms with Gasteiger partial charge in [-0.05, 0) is 56.4 Å². The number of aromatic amines is 1. The first-order valence-electron chi connectivity index (χ1n) is 7.67. The molecule has 2 heterocycles. The lowest BCUT2D eigenvalue weighted by molar-refractivity contribution is -0.207. The highest BCUT2D eigenvalue weighted by molar-refractivity contribution is 5.81. The molecular weight excluding hydrogens is 307 g/mol. The van der Waals surface area contributed by atoms with Gasteiger partial charge in [0.05, 0.1) is 11.3 Å². The van der Waals surface area contributed by atoms with Crippen molar-refractivity contribution in [3.05, 3.63) is 35.5 Å². The number of nitrogens with one attached hydrogen (secondary N) is 1. The van der Waals surface area contributed by atoms with Gasteiger partial charge in [-0.1, -0.05) is 6.07 Å². The molecule has 2 N–H and O–H groups in total. The summed E-state index contributed by atoms with van der Waals surface area (Å²) in [7, 11) is 0. The minimum atomic E-state index is -4.67. The van der Waals surface area contributed by atoms with Crippen LogP contribution in [-0.2, 0) is 4.74 Å². The monoisotopic (exact) mass is 327 g/mol. The van der Waals surface area contributed by atoms with Crippen LogP contribution in [-0.4, -0.2) is 28.5 Å². The summed E-state index contributed by atoms with van der Waals surface area (Å²) < 4.78 is 43.6. The van der Waals surface area contributed by atoms with E-state index in [-0.39, 0.29) is 11.3 Å². The number of ether oxygens (including phenoxy) is 1. The number of rotatable bonds is 2. The second-order valence-electron chi connectivity index (χ2n) is 6.81. The first kappa shape index (κ1) is 16.3. The molecule has 2 atom stereocenters. The highest BCUT2D eigenvalue weighted by Crippen LogP contribution is 2.38. The molecule has 0 radical (unpaired) electrons. The zero-order valence-electron chi connectivity index (χ0n) is 13.1. The van der Waals surface area contributed by atoms with Crippen LogP contribution in [0, 0.1) is 0 Å². The molecule has 23 heavy (non-hydrogen) atoms. The lowest BCUT2D eigenvalue weighted by Crippen LogP contribution is -2.32. The summed E-state index contributed by atoms with van der Waals surface area (Å²) >= 11 is 0. The summed E-state index contributed by atoms with van der Waals surface area (Å²) in [4.78, 5) is 2.65. The maximum atomic E-state index is 12.6. The second-order valence-corrected chi connectivity index (χ2v) is 6.81. The molecule has 1 unspecified atom stereocenters. The molecule has 0 spiro atoms. The summed E-state index contributed by atoms with van der Waals surface area (Å²) in [6.07, 6.45) is -5.38. The van der Waals surface area contributed by atoms with Crippen LogP contribution in [0.5, 0.6) is 0 Å². The molecule has 1 saturated heterocycles. The molecule has 1 aliphatic heterocycles. The fourth-order valence-electron chi connectivity index (χ4n) is 3.27. The molecule has 0 aliphatic carbocycles. The summed E-state index contributed by atoms with van der Waals surface area (Å²) in [6.45, 7) is 4.78. The highest BCUT2D eigenvalue weighted by Gasteiger charge is 2.40. The van der Waals surface area contributed by atoms with Crippen molar-refractivity contribution < 1.29 is 23.0 Å². The molecule has 1 aliphatic rings. The van der Waals surface area contributed by atoms with Crippen LogP contribution in [0.2, 0.25) is 0 Å². The lowest BCUT2D eigenvalue weighted by atomic mass is 9.83. The first-order valence-corrected chi connectivity index (χ1v) is 7.67. The Morgan fingerprint density at radius 1 is 1.30 bits per heavy atom. The lowest BCUT2D eigenvalue weighted by Gasteiger charge is -2.35. The van der Waals surface area contributed by atoms with Gasteiger partial charge in [0.15, 0.2) is 6.10 Å². The number of hydrogen-bond donors (Lipinski definition) is 2. The molecule has 6 heteroatoms. The molecule has 2 aromatic rings. The van der Waals surface area contributed by atoms with Gasteiger partial charge in [0.1, 0.15) is 0 Å². The van der Waals surface area contributed by atoms with Gasteiger partial charge in [-0.2, -0.15) is 13.2 Å². The summed E-state index contributed by atoms with van der Waals surface area (Å²) in [6, 6.07) is 7.00. The van der Waals surface area contributed by atoms with Gasteiger partial charge in [0.2, 0.25) is 0 Å². The van der Waals surface area contributed by atoms with Gasteiger partial charge in [0, 0.05) is 17.5 Å². The Hall–Kier alpha value is -1.53. The Bertz CT molecular complexity index is 705. The number of hydrogen-bond acceptors (Lipinski definition) is 2. The largest absolute Gasteiger partial charge is 0.420 e. The normalized spacial score (nSPS) is 23.1. The van der Waals surface area contributed by atoms with E-state index < -0.39 is 12.3 Å². The standard InChI is InChI=1S/C17H20F3NO2/c1-16(2)9-11(5-6-23-16)10-3-4-13-12(7-10)8-14(21-13)15(22)17(18,19)20/h3-4,7-8,11,15,21-22H,5-6,9H2,1-2H3/t11-,15?/m0/s1. The number of aliphatic hydroxyl groups excluding tert-OH is 1. The topological polar surface area (TPSA) is 45.2 Å². The van der Waals surface area contributed by atoms with Gasteiger partial charge in [-0.25, -0.2) is 0 Å². The Morgan fingerprint density at radius 3 is 2.70 bits per heavy atom. The van der Waals surface area contributed by atoms with Crippen molar-refractivity contribution >= 4 is 10.9 Å². The maximum absolute atomic E-state index is 12.6. The molecule has 3 rings (SSSR count). The van der Waals surface area contributed by atoms with Gasteiger partial charge in [-0.3, -0.25) is 0 Å². The predicted octanol–water partition coefficient (Wildman–Crippen LogP) is 4.44. The van der Waals surface area contributed by atoms with Gasteiger partial charge in [0.25, 0.3) is 0 Å². The van der Waals surface area contributed by atoms with Gasteiger partial charge in [-0.15, -0.1) is 0 Å². The summed E-state index contributed by atoms with van der Waals surface area (Å²) in [5.41, 5.74) is 1.28. The van der Waals surface area contributed by atoms with Gasteiger partial charge < -0.3 is 14.8 Å². The van der Waals surface area contributed by atoms with Crippen LogP contribution in [0.25, 0.3) is 10.9 Å². The zero-order valence-corrected chi connectivity index (χ0v) is 13.1. The zero-order chi connectivity index (χ0) is 16.8. The molecule has 126 valence electrons. The third kappa shape index (κ3) is 3.38. The average molecular weight is 327 g/mol. The Kier molecular flexibility index (Phi) is 3.92.